The molecule has 6 nitrogen and oxygen atoms in total. The van der Waals surface area contributed by atoms with Gasteiger partial charge in [-0.15, -0.1) is 0 Å². The predicted molar refractivity (Wildman–Crippen MR) is 74.9 cm³/mol. The highest BCUT2D eigenvalue weighted by Gasteiger charge is 2.14. The van der Waals surface area contributed by atoms with Crippen LogP contribution in [0.3, 0.4) is 0 Å². The first kappa shape index (κ1) is 14.2. The molecule has 2 rings (SSSR count). The number of aromatic amines is 1. The van der Waals surface area contributed by atoms with Gasteiger partial charge in [-0.3, -0.25) is 4.79 Å². The molecule has 0 fully saturated rings. The van der Waals surface area contributed by atoms with Gasteiger partial charge in [-0.1, -0.05) is 37.6 Å². The zero-order chi connectivity index (χ0) is 14.4. The van der Waals surface area contributed by atoms with E-state index < -0.39 is 5.91 Å². The van der Waals surface area contributed by atoms with E-state index in [1.165, 1.54) is 0 Å². The first-order chi connectivity index (χ1) is 9.72. The van der Waals surface area contributed by atoms with E-state index in [1.807, 2.05) is 24.3 Å². The highest BCUT2D eigenvalue weighted by Crippen LogP contribution is 2.20. The first-order valence-electron chi connectivity index (χ1n) is 6.60. The molecule has 0 aliphatic carbocycles. The molecule has 2 aromatic rings. The summed E-state index contributed by atoms with van der Waals surface area (Å²) in [6.45, 7) is 3.49. The van der Waals surface area contributed by atoms with E-state index in [9.17, 15) is 4.79 Å². The average molecular weight is 274 g/mol. The summed E-state index contributed by atoms with van der Waals surface area (Å²) in [5, 5.41) is 10.1. The number of nitrogens with one attached hydrogen (secondary N) is 1. The number of carbonyl (C=O) groups excluding carboxylic acids is 1. The fourth-order valence-corrected chi connectivity index (χ4v) is 1.80. The Balaban J connectivity index is 2.04. The maximum atomic E-state index is 11.2. The Bertz CT molecular complexity index is 563. The number of unbranched alkanes of at least 4 members (excludes halogenated alkanes) is 1. The van der Waals surface area contributed by atoms with Crippen LogP contribution in [0.5, 0.6) is 0 Å². The molecule has 6 heteroatoms. The molecule has 0 saturated heterocycles. The van der Waals surface area contributed by atoms with E-state index in [0.717, 1.165) is 30.6 Å². The Morgan fingerprint density at radius 2 is 2.05 bits per heavy atom. The maximum Gasteiger partial charge on any atom is 0.271 e. The third-order valence-corrected chi connectivity index (χ3v) is 2.92. The van der Waals surface area contributed by atoms with Crippen molar-refractivity contribution in [1.29, 1.82) is 0 Å². The van der Waals surface area contributed by atoms with Gasteiger partial charge in [0.05, 0.1) is 6.61 Å². The third-order valence-electron chi connectivity index (χ3n) is 2.92. The van der Waals surface area contributed by atoms with Crippen molar-refractivity contribution >= 4 is 5.91 Å². The number of nitrogens with two attached hydrogens (primary N) is 1. The lowest BCUT2D eigenvalue weighted by atomic mass is 10.1. The predicted octanol–water partition coefficient (Wildman–Crippen LogP) is 1.89. The van der Waals surface area contributed by atoms with Gasteiger partial charge < -0.3 is 10.5 Å². The second-order valence-corrected chi connectivity index (χ2v) is 4.49. The van der Waals surface area contributed by atoms with Crippen LogP contribution in [0, 0.1) is 0 Å². The minimum Gasteiger partial charge on any atom is -0.377 e. The minimum atomic E-state index is -0.597. The maximum absolute atomic E-state index is 11.2. The van der Waals surface area contributed by atoms with Crippen LogP contribution in [0.2, 0.25) is 0 Å². The molecule has 0 bridgehead atoms. The van der Waals surface area contributed by atoms with Crippen molar-refractivity contribution in [3.05, 3.63) is 35.5 Å². The van der Waals surface area contributed by atoms with Crippen molar-refractivity contribution in [2.24, 2.45) is 5.73 Å². The molecule has 0 spiro atoms. The highest BCUT2D eigenvalue weighted by molar-refractivity contribution is 5.96. The smallest absolute Gasteiger partial charge is 0.271 e. The van der Waals surface area contributed by atoms with Crippen LogP contribution >= 0.6 is 0 Å². The van der Waals surface area contributed by atoms with E-state index in [4.69, 9.17) is 10.5 Å². The van der Waals surface area contributed by atoms with Gasteiger partial charge in [0.2, 0.25) is 0 Å². The van der Waals surface area contributed by atoms with E-state index in [-0.39, 0.29) is 5.69 Å². The summed E-state index contributed by atoms with van der Waals surface area (Å²) >= 11 is 0. The van der Waals surface area contributed by atoms with E-state index >= 15 is 0 Å². The van der Waals surface area contributed by atoms with Gasteiger partial charge in [-0.25, -0.2) is 0 Å². The zero-order valence-corrected chi connectivity index (χ0v) is 11.4. The van der Waals surface area contributed by atoms with Crippen molar-refractivity contribution in [2.75, 3.05) is 6.61 Å². The molecule has 1 aromatic heterocycles. The van der Waals surface area contributed by atoms with E-state index in [0.29, 0.717) is 12.3 Å². The molecule has 1 amide bonds. The van der Waals surface area contributed by atoms with Gasteiger partial charge in [0.25, 0.3) is 5.91 Å². The first-order valence-corrected chi connectivity index (χ1v) is 6.60. The molecular formula is C14H18N4O2. The van der Waals surface area contributed by atoms with Crippen LogP contribution in [-0.4, -0.2) is 27.9 Å². The quantitative estimate of drug-likeness (QED) is 0.754. The van der Waals surface area contributed by atoms with Crippen LogP contribution in [0.1, 0.15) is 35.8 Å². The number of rotatable bonds is 7. The van der Waals surface area contributed by atoms with Gasteiger partial charge in [0.15, 0.2) is 5.69 Å². The fourth-order valence-electron chi connectivity index (χ4n) is 1.80. The highest BCUT2D eigenvalue weighted by atomic mass is 16.5. The number of nitrogens with zero attached hydrogens (tertiary/aromatic N) is 2. The molecular weight excluding hydrogens is 256 g/mol. The Kier molecular flexibility index (Phi) is 4.84. The van der Waals surface area contributed by atoms with Crippen LogP contribution in [0.4, 0.5) is 0 Å². The largest absolute Gasteiger partial charge is 0.377 e. The number of ether oxygens (including phenoxy) is 1. The number of hydrogen-bond donors (Lipinski definition) is 2. The molecule has 20 heavy (non-hydrogen) atoms. The molecule has 0 unspecified atom stereocenters. The molecule has 0 saturated carbocycles. The van der Waals surface area contributed by atoms with Gasteiger partial charge in [0.1, 0.15) is 5.69 Å². The van der Waals surface area contributed by atoms with Crippen molar-refractivity contribution in [1.82, 2.24) is 15.4 Å². The standard InChI is InChI=1S/C14H18N4O2/c1-2-3-8-20-9-10-4-6-11(7-5-10)12-13(14(15)19)17-18-16-12/h4-7H,2-3,8-9H2,1H3,(H2,15,19)(H,16,17,18). The van der Waals surface area contributed by atoms with E-state index in [2.05, 4.69) is 22.3 Å². The Labute approximate surface area is 117 Å². The number of benzene rings is 1. The molecule has 106 valence electrons. The number of H-pyrrole nitrogens is 1. The molecule has 3 N–H and O–H groups in total. The summed E-state index contributed by atoms with van der Waals surface area (Å²) in [4.78, 5) is 11.2. The molecule has 0 aliphatic rings. The number of hydrogen-bond acceptors (Lipinski definition) is 4. The monoisotopic (exact) mass is 274 g/mol. The van der Waals surface area contributed by atoms with Gasteiger partial charge in [-0.2, -0.15) is 15.4 Å². The summed E-state index contributed by atoms with van der Waals surface area (Å²) in [5.74, 6) is -0.597. The van der Waals surface area contributed by atoms with Gasteiger partial charge >= 0.3 is 0 Å². The summed E-state index contributed by atoms with van der Waals surface area (Å²) in [6.07, 6.45) is 2.19. The number of aromatic nitrogens is 3. The van der Waals surface area contributed by atoms with Crippen molar-refractivity contribution in [3.63, 3.8) is 0 Å². The number of amides is 1. The van der Waals surface area contributed by atoms with Crippen LogP contribution in [0.15, 0.2) is 24.3 Å². The molecule has 1 heterocycles. The number of primary amides is 1. The van der Waals surface area contributed by atoms with Crippen molar-refractivity contribution < 1.29 is 9.53 Å². The van der Waals surface area contributed by atoms with Crippen molar-refractivity contribution in [3.8, 4) is 11.3 Å². The van der Waals surface area contributed by atoms with Crippen LogP contribution in [-0.2, 0) is 11.3 Å². The van der Waals surface area contributed by atoms with E-state index in [1.54, 1.807) is 0 Å². The third kappa shape index (κ3) is 3.42. The van der Waals surface area contributed by atoms with Crippen LogP contribution in [0.25, 0.3) is 11.3 Å². The molecule has 0 aliphatic heterocycles. The SMILES string of the molecule is CCCCOCc1ccc(-c2n[nH]nc2C(N)=O)cc1. The normalized spacial score (nSPS) is 10.7. The summed E-state index contributed by atoms with van der Waals surface area (Å²) in [5.41, 5.74) is 7.73. The lowest BCUT2D eigenvalue weighted by Gasteiger charge is -2.04. The average Bonchev–Trinajstić information content (AvgIpc) is 2.94. The molecule has 1 aromatic carbocycles. The summed E-state index contributed by atoms with van der Waals surface area (Å²) in [7, 11) is 0. The van der Waals surface area contributed by atoms with Crippen LogP contribution < -0.4 is 5.73 Å². The minimum absolute atomic E-state index is 0.150. The lowest BCUT2D eigenvalue weighted by Crippen LogP contribution is -2.12. The second-order valence-electron chi connectivity index (χ2n) is 4.49. The summed E-state index contributed by atoms with van der Waals surface area (Å²) in [6, 6.07) is 7.65. The molecule has 0 radical (unpaired) electrons. The topological polar surface area (TPSA) is 93.9 Å². The second kappa shape index (κ2) is 6.81. The van der Waals surface area contributed by atoms with Gasteiger partial charge in [-0.05, 0) is 12.0 Å². The summed E-state index contributed by atoms with van der Waals surface area (Å²) < 4.78 is 5.54. The molecule has 0 atom stereocenters. The Hall–Kier alpha value is -2.21. The fraction of sp³-hybridized carbons (Fsp3) is 0.357. The Morgan fingerprint density at radius 3 is 2.70 bits per heavy atom. The number of carbonyl (C=O) groups is 1. The zero-order valence-electron chi connectivity index (χ0n) is 11.4. The van der Waals surface area contributed by atoms with Crippen molar-refractivity contribution in [2.45, 2.75) is 26.4 Å². The van der Waals surface area contributed by atoms with Gasteiger partial charge in [0, 0.05) is 12.2 Å². The lowest BCUT2D eigenvalue weighted by molar-refractivity contribution is 0.0996. The Morgan fingerprint density at radius 1 is 1.30 bits per heavy atom.